The molecule has 0 bridgehead atoms. The number of aromatic nitrogens is 1. The van der Waals surface area contributed by atoms with Gasteiger partial charge in [-0.15, -0.1) is 0 Å². The molecule has 1 saturated heterocycles. The summed E-state index contributed by atoms with van der Waals surface area (Å²) in [6.07, 6.45) is 1.30. The van der Waals surface area contributed by atoms with Gasteiger partial charge in [-0.2, -0.15) is 0 Å². The van der Waals surface area contributed by atoms with Crippen molar-refractivity contribution < 1.29 is 19.4 Å². The van der Waals surface area contributed by atoms with E-state index in [0.717, 1.165) is 0 Å². The summed E-state index contributed by atoms with van der Waals surface area (Å²) in [5.74, 6) is -2.11. The number of carbonyl (C=O) groups excluding carboxylic acids is 1. The van der Waals surface area contributed by atoms with Gasteiger partial charge in [-0.05, 0) is 13.0 Å². The molecular formula is C13H14Cl2N2O4. The average Bonchev–Trinajstić information content (AvgIpc) is 2.91. The summed E-state index contributed by atoms with van der Waals surface area (Å²) in [5, 5.41) is 9.53. The van der Waals surface area contributed by atoms with Crippen molar-refractivity contribution in [2.45, 2.75) is 13.0 Å². The fourth-order valence-corrected chi connectivity index (χ4v) is 2.69. The highest BCUT2D eigenvalue weighted by Gasteiger charge is 2.40. The number of carboxylic acids is 1. The Morgan fingerprint density at radius 3 is 2.81 bits per heavy atom. The van der Waals surface area contributed by atoms with Crippen molar-refractivity contribution >= 4 is 35.1 Å². The van der Waals surface area contributed by atoms with Gasteiger partial charge in [-0.25, -0.2) is 4.98 Å². The van der Waals surface area contributed by atoms with Crippen molar-refractivity contribution in [1.82, 2.24) is 9.88 Å². The van der Waals surface area contributed by atoms with E-state index < -0.39 is 17.9 Å². The Bertz CT molecular complexity index is 567. The number of nitrogens with zero attached hydrogens (tertiary/aromatic N) is 2. The topological polar surface area (TPSA) is 79.7 Å². The van der Waals surface area contributed by atoms with E-state index in [1.54, 1.807) is 6.92 Å². The Hall–Kier alpha value is -1.37. The Balaban J connectivity index is 2.30. The third-order valence-corrected chi connectivity index (χ3v) is 3.93. The summed E-state index contributed by atoms with van der Waals surface area (Å²) in [6.45, 7) is 2.39. The van der Waals surface area contributed by atoms with Crippen LogP contribution in [0.3, 0.4) is 0 Å². The van der Waals surface area contributed by atoms with Gasteiger partial charge in [0, 0.05) is 12.7 Å². The molecule has 21 heavy (non-hydrogen) atoms. The van der Waals surface area contributed by atoms with E-state index in [4.69, 9.17) is 27.9 Å². The van der Waals surface area contributed by atoms with Gasteiger partial charge in [0.1, 0.15) is 11.1 Å². The summed E-state index contributed by atoms with van der Waals surface area (Å²) in [6, 6.07) is 0.850. The molecule has 6 nitrogen and oxygen atoms in total. The molecule has 1 N–H and O–H groups in total. The number of amides is 1. The predicted molar refractivity (Wildman–Crippen MR) is 76.7 cm³/mol. The Morgan fingerprint density at radius 1 is 1.48 bits per heavy atom. The van der Waals surface area contributed by atoms with Gasteiger partial charge in [0.05, 0.1) is 29.8 Å². The number of aliphatic carboxylic acids is 1. The Labute approximate surface area is 131 Å². The van der Waals surface area contributed by atoms with Crippen LogP contribution in [0.15, 0.2) is 12.3 Å². The second kappa shape index (κ2) is 6.60. The fraction of sp³-hybridized carbons (Fsp3) is 0.462. The first-order valence-electron chi connectivity index (χ1n) is 6.38. The highest BCUT2D eigenvalue weighted by Crippen LogP contribution is 2.25. The molecule has 8 heteroatoms. The lowest BCUT2D eigenvalue weighted by atomic mass is 10.0. The molecule has 1 aliphatic rings. The number of hydrogen-bond acceptors (Lipinski definition) is 4. The zero-order chi connectivity index (χ0) is 15.6. The lowest BCUT2D eigenvalue weighted by Gasteiger charge is -2.29. The maximum absolute atomic E-state index is 12.6. The van der Waals surface area contributed by atoms with Crippen molar-refractivity contribution in [2.24, 2.45) is 5.92 Å². The SMILES string of the molecule is CCN(C(=O)c1cc(Cl)ncc1Cl)C1COCC1C(=O)O. The lowest BCUT2D eigenvalue weighted by Crippen LogP contribution is -2.46. The Kier molecular flexibility index (Phi) is 5.03. The summed E-state index contributed by atoms with van der Waals surface area (Å²) < 4.78 is 5.21. The molecule has 2 atom stereocenters. The van der Waals surface area contributed by atoms with Crippen LogP contribution in [-0.4, -0.2) is 52.7 Å². The minimum Gasteiger partial charge on any atom is -0.481 e. The lowest BCUT2D eigenvalue weighted by molar-refractivity contribution is -0.142. The number of carbonyl (C=O) groups is 2. The molecule has 114 valence electrons. The van der Waals surface area contributed by atoms with E-state index in [0.29, 0.717) is 6.54 Å². The molecule has 2 unspecified atom stereocenters. The van der Waals surface area contributed by atoms with Crippen LogP contribution in [0.5, 0.6) is 0 Å². The third-order valence-electron chi connectivity index (χ3n) is 3.42. The van der Waals surface area contributed by atoms with Crippen LogP contribution >= 0.6 is 23.2 Å². The van der Waals surface area contributed by atoms with Gasteiger partial charge in [0.15, 0.2) is 0 Å². The fourth-order valence-electron chi connectivity index (χ4n) is 2.35. The van der Waals surface area contributed by atoms with Gasteiger partial charge >= 0.3 is 5.97 Å². The molecule has 0 spiro atoms. The van der Waals surface area contributed by atoms with Gasteiger partial charge in [-0.1, -0.05) is 23.2 Å². The molecule has 0 aliphatic carbocycles. The van der Waals surface area contributed by atoms with Crippen LogP contribution in [0, 0.1) is 5.92 Å². The molecule has 0 aromatic carbocycles. The van der Waals surface area contributed by atoms with Gasteiger partial charge in [0.25, 0.3) is 5.91 Å². The first-order chi connectivity index (χ1) is 9.95. The van der Waals surface area contributed by atoms with Crippen molar-refractivity contribution in [3.05, 3.63) is 28.0 Å². The van der Waals surface area contributed by atoms with Crippen LogP contribution in [0.1, 0.15) is 17.3 Å². The van der Waals surface area contributed by atoms with E-state index in [9.17, 15) is 14.7 Å². The van der Waals surface area contributed by atoms with Crippen molar-refractivity contribution in [2.75, 3.05) is 19.8 Å². The van der Waals surface area contributed by atoms with Gasteiger partial charge < -0.3 is 14.7 Å². The maximum atomic E-state index is 12.6. The van der Waals surface area contributed by atoms with E-state index in [2.05, 4.69) is 4.98 Å². The second-order valence-electron chi connectivity index (χ2n) is 4.63. The number of ether oxygens (including phenoxy) is 1. The molecule has 1 aromatic rings. The molecular weight excluding hydrogens is 319 g/mol. The quantitative estimate of drug-likeness (QED) is 0.852. The monoisotopic (exact) mass is 332 g/mol. The molecule has 1 amide bonds. The molecule has 0 radical (unpaired) electrons. The summed E-state index contributed by atoms with van der Waals surface area (Å²) in [4.78, 5) is 29.1. The standard InChI is InChI=1S/C13H14Cl2N2O4/c1-2-17(10-6-21-5-8(10)13(19)20)12(18)7-3-11(15)16-4-9(7)14/h3-4,8,10H,2,5-6H2,1H3,(H,19,20). The zero-order valence-electron chi connectivity index (χ0n) is 11.3. The van der Waals surface area contributed by atoms with Crippen LogP contribution < -0.4 is 0 Å². The van der Waals surface area contributed by atoms with Crippen molar-refractivity contribution in [1.29, 1.82) is 0 Å². The Morgan fingerprint density at radius 2 is 2.19 bits per heavy atom. The minimum atomic E-state index is -0.984. The first kappa shape index (κ1) is 16.0. The highest BCUT2D eigenvalue weighted by molar-refractivity contribution is 6.35. The van der Waals surface area contributed by atoms with Crippen molar-refractivity contribution in [3.63, 3.8) is 0 Å². The van der Waals surface area contributed by atoms with E-state index in [-0.39, 0.29) is 34.9 Å². The molecule has 1 aromatic heterocycles. The number of hydrogen-bond donors (Lipinski definition) is 1. The summed E-state index contributed by atoms with van der Waals surface area (Å²) >= 11 is 11.8. The number of pyridine rings is 1. The molecule has 0 saturated carbocycles. The van der Waals surface area contributed by atoms with Crippen molar-refractivity contribution in [3.8, 4) is 0 Å². The number of likely N-dealkylation sites (N-methyl/N-ethyl adjacent to an activating group) is 1. The van der Waals surface area contributed by atoms with Gasteiger partial charge in [0.2, 0.25) is 0 Å². The number of carboxylic acid groups (broad SMARTS) is 1. The van der Waals surface area contributed by atoms with E-state index >= 15 is 0 Å². The number of rotatable bonds is 4. The van der Waals surface area contributed by atoms with E-state index in [1.165, 1.54) is 17.2 Å². The minimum absolute atomic E-state index is 0.0919. The maximum Gasteiger partial charge on any atom is 0.311 e. The summed E-state index contributed by atoms with van der Waals surface area (Å²) in [7, 11) is 0. The largest absolute Gasteiger partial charge is 0.481 e. The normalized spacial score (nSPS) is 21.3. The average molecular weight is 333 g/mol. The molecule has 1 fully saturated rings. The van der Waals surface area contributed by atoms with Crippen LogP contribution in [0.2, 0.25) is 10.2 Å². The van der Waals surface area contributed by atoms with Crippen LogP contribution in [0.25, 0.3) is 0 Å². The predicted octanol–water partition coefficient (Wildman–Crippen LogP) is 1.95. The first-order valence-corrected chi connectivity index (χ1v) is 7.13. The van der Waals surface area contributed by atoms with Crippen LogP contribution in [0.4, 0.5) is 0 Å². The van der Waals surface area contributed by atoms with E-state index in [1.807, 2.05) is 0 Å². The number of halogens is 2. The molecule has 2 heterocycles. The third kappa shape index (κ3) is 3.28. The molecule has 1 aliphatic heterocycles. The second-order valence-corrected chi connectivity index (χ2v) is 5.42. The van der Waals surface area contributed by atoms with Gasteiger partial charge in [-0.3, -0.25) is 9.59 Å². The van der Waals surface area contributed by atoms with Crippen LogP contribution in [-0.2, 0) is 9.53 Å². The molecule has 2 rings (SSSR count). The zero-order valence-corrected chi connectivity index (χ0v) is 12.8. The smallest absolute Gasteiger partial charge is 0.311 e. The highest BCUT2D eigenvalue weighted by atomic mass is 35.5. The summed E-state index contributed by atoms with van der Waals surface area (Å²) in [5.41, 5.74) is 0.203.